The number of halogens is 1. The summed E-state index contributed by atoms with van der Waals surface area (Å²) in [5.41, 5.74) is 1.22. The van der Waals surface area contributed by atoms with Gasteiger partial charge in [-0.3, -0.25) is 14.4 Å². The van der Waals surface area contributed by atoms with Crippen molar-refractivity contribution in [3.8, 4) is 0 Å². The van der Waals surface area contributed by atoms with E-state index in [0.29, 0.717) is 27.3 Å². The molecule has 4 rings (SSSR count). The molecule has 2 N–H and O–H groups in total. The molecular weight excluding hydrogens is 371 g/mol. The van der Waals surface area contributed by atoms with Gasteiger partial charge in [0, 0.05) is 19.2 Å². The van der Waals surface area contributed by atoms with Gasteiger partial charge in [0.1, 0.15) is 16.3 Å². The molecule has 27 heavy (non-hydrogen) atoms. The maximum absolute atomic E-state index is 13.4. The lowest BCUT2D eigenvalue weighted by atomic mass is 9.89. The first-order chi connectivity index (χ1) is 12.9. The topological polar surface area (TPSA) is 95.2 Å². The Labute approximate surface area is 156 Å². The van der Waals surface area contributed by atoms with Crippen molar-refractivity contribution in [1.29, 1.82) is 0 Å². The molecule has 138 valence electrons. The van der Waals surface area contributed by atoms with Crippen molar-refractivity contribution >= 4 is 39.1 Å². The van der Waals surface area contributed by atoms with Crippen LogP contribution in [0.3, 0.4) is 0 Å². The van der Waals surface area contributed by atoms with Gasteiger partial charge in [-0.15, -0.1) is 11.3 Å². The molecule has 1 atom stereocenters. The molecule has 1 aromatic carbocycles. The SMILES string of the molecule is CN(Cc1nc2ccsc2c(=O)[nH]1)C(=O)[C@H]1CC(=O)Nc2cc(F)ccc21. The van der Waals surface area contributed by atoms with Gasteiger partial charge in [-0.2, -0.15) is 0 Å². The number of thiophene rings is 1. The second-order valence-corrected chi connectivity index (χ2v) is 7.29. The van der Waals surface area contributed by atoms with Gasteiger partial charge in [-0.05, 0) is 29.1 Å². The zero-order valence-corrected chi connectivity index (χ0v) is 15.1. The summed E-state index contributed by atoms with van der Waals surface area (Å²) in [6, 6.07) is 5.73. The number of aromatic nitrogens is 2. The summed E-state index contributed by atoms with van der Waals surface area (Å²) in [7, 11) is 1.58. The third kappa shape index (κ3) is 3.21. The van der Waals surface area contributed by atoms with Crippen molar-refractivity contribution in [2.75, 3.05) is 12.4 Å². The number of nitrogens with zero attached hydrogens (tertiary/aromatic N) is 2. The molecule has 0 saturated carbocycles. The Balaban J connectivity index is 1.60. The number of hydrogen-bond donors (Lipinski definition) is 2. The van der Waals surface area contributed by atoms with Crippen LogP contribution in [0.4, 0.5) is 10.1 Å². The summed E-state index contributed by atoms with van der Waals surface area (Å²) in [5.74, 6) is -1.48. The molecule has 2 amide bonds. The highest BCUT2D eigenvalue weighted by Gasteiger charge is 2.33. The minimum Gasteiger partial charge on any atom is -0.338 e. The largest absolute Gasteiger partial charge is 0.338 e. The summed E-state index contributed by atoms with van der Waals surface area (Å²) in [6.07, 6.45) is -0.0185. The van der Waals surface area contributed by atoms with Crippen LogP contribution < -0.4 is 10.9 Å². The van der Waals surface area contributed by atoms with E-state index in [2.05, 4.69) is 15.3 Å². The zero-order valence-electron chi connectivity index (χ0n) is 14.3. The van der Waals surface area contributed by atoms with E-state index in [1.54, 1.807) is 18.5 Å². The molecule has 7 nitrogen and oxygen atoms in total. The minimum atomic E-state index is -0.712. The Morgan fingerprint density at radius 2 is 2.19 bits per heavy atom. The molecule has 0 saturated heterocycles. The number of carbonyl (C=O) groups excluding carboxylic acids is 2. The molecular formula is C18H15FN4O3S. The number of fused-ring (bicyclic) bond motifs is 2. The highest BCUT2D eigenvalue weighted by atomic mass is 32.1. The van der Waals surface area contributed by atoms with Gasteiger partial charge in [0.25, 0.3) is 5.56 Å². The van der Waals surface area contributed by atoms with Crippen LogP contribution in [0.1, 0.15) is 23.7 Å². The van der Waals surface area contributed by atoms with Gasteiger partial charge < -0.3 is 15.2 Å². The van der Waals surface area contributed by atoms with Crippen molar-refractivity contribution in [3.63, 3.8) is 0 Å². The van der Waals surface area contributed by atoms with Gasteiger partial charge in [0.05, 0.1) is 18.0 Å². The number of benzene rings is 1. The molecule has 9 heteroatoms. The van der Waals surface area contributed by atoms with Gasteiger partial charge in [0.2, 0.25) is 11.8 Å². The van der Waals surface area contributed by atoms with E-state index in [1.165, 1.54) is 34.4 Å². The minimum absolute atomic E-state index is 0.0185. The van der Waals surface area contributed by atoms with Gasteiger partial charge in [-0.25, -0.2) is 9.37 Å². The second-order valence-electron chi connectivity index (χ2n) is 6.38. The fourth-order valence-electron chi connectivity index (χ4n) is 3.22. The van der Waals surface area contributed by atoms with E-state index in [4.69, 9.17) is 0 Å². The normalized spacial score (nSPS) is 16.1. The van der Waals surface area contributed by atoms with Gasteiger partial charge in [0.15, 0.2) is 0 Å². The summed E-state index contributed by atoms with van der Waals surface area (Å²) in [5, 5.41) is 4.37. The van der Waals surface area contributed by atoms with Gasteiger partial charge in [-0.1, -0.05) is 6.07 Å². The summed E-state index contributed by atoms with van der Waals surface area (Å²) >= 11 is 1.30. The lowest BCUT2D eigenvalue weighted by Gasteiger charge is -2.28. The van der Waals surface area contributed by atoms with Crippen molar-refractivity contribution in [2.45, 2.75) is 18.9 Å². The molecule has 1 aliphatic rings. The summed E-state index contributed by atoms with van der Waals surface area (Å²) in [6.45, 7) is 0.0918. The van der Waals surface area contributed by atoms with E-state index >= 15 is 0 Å². The molecule has 3 aromatic rings. The number of H-pyrrole nitrogens is 1. The number of rotatable bonds is 3. The van der Waals surface area contributed by atoms with Crippen LogP contribution in [-0.2, 0) is 16.1 Å². The molecule has 0 spiro atoms. The first kappa shape index (κ1) is 17.3. The predicted molar refractivity (Wildman–Crippen MR) is 99.1 cm³/mol. The third-order valence-electron chi connectivity index (χ3n) is 4.48. The highest BCUT2D eigenvalue weighted by molar-refractivity contribution is 7.17. The number of carbonyl (C=O) groups is 2. The number of amides is 2. The lowest BCUT2D eigenvalue weighted by Crippen LogP contribution is -2.36. The Kier molecular flexibility index (Phi) is 4.23. The van der Waals surface area contributed by atoms with Crippen molar-refractivity contribution in [1.82, 2.24) is 14.9 Å². The van der Waals surface area contributed by atoms with Gasteiger partial charge >= 0.3 is 0 Å². The van der Waals surface area contributed by atoms with Crippen LogP contribution in [0.25, 0.3) is 10.2 Å². The van der Waals surface area contributed by atoms with Crippen LogP contribution in [0.2, 0.25) is 0 Å². The Morgan fingerprint density at radius 3 is 3.00 bits per heavy atom. The average Bonchev–Trinajstić information content (AvgIpc) is 3.09. The van der Waals surface area contributed by atoms with Crippen LogP contribution >= 0.6 is 11.3 Å². The lowest BCUT2D eigenvalue weighted by molar-refractivity contribution is -0.134. The standard InChI is InChI=1S/C18H15FN4O3S/c1-23(8-14-20-12-4-5-27-16(12)17(25)22-14)18(26)11-7-15(24)21-13-6-9(19)2-3-10(11)13/h2-6,11H,7-8H2,1H3,(H,21,24)(H,20,22,25)/t11-/m0/s1. The highest BCUT2D eigenvalue weighted by Crippen LogP contribution is 2.34. The zero-order chi connectivity index (χ0) is 19.1. The van der Waals surface area contributed by atoms with Crippen LogP contribution in [0, 0.1) is 5.82 Å². The van der Waals surface area contributed by atoms with E-state index in [9.17, 15) is 18.8 Å². The van der Waals surface area contributed by atoms with E-state index < -0.39 is 11.7 Å². The Morgan fingerprint density at radius 1 is 1.37 bits per heavy atom. The Hall–Kier alpha value is -3.07. The first-order valence-electron chi connectivity index (χ1n) is 8.23. The van der Waals surface area contributed by atoms with Crippen molar-refractivity contribution in [3.05, 3.63) is 57.2 Å². The van der Waals surface area contributed by atoms with E-state index in [0.717, 1.165) is 0 Å². The summed E-state index contributed by atoms with van der Waals surface area (Å²) in [4.78, 5) is 45.4. The quantitative estimate of drug-likeness (QED) is 0.721. The molecule has 0 bridgehead atoms. The molecule has 1 aliphatic heterocycles. The van der Waals surface area contributed by atoms with E-state index in [-0.39, 0.29) is 30.3 Å². The van der Waals surface area contributed by atoms with Crippen molar-refractivity contribution < 1.29 is 14.0 Å². The van der Waals surface area contributed by atoms with Crippen molar-refractivity contribution in [2.24, 2.45) is 0 Å². The molecule has 0 unspecified atom stereocenters. The molecule has 0 aliphatic carbocycles. The fourth-order valence-corrected chi connectivity index (χ4v) is 3.95. The number of hydrogen-bond acceptors (Lipinski definition) is 5. The van der Waals surface area contributed by atoms with E-state index in [1.807, 2.05) is 0 Å². The maximum atomic E-state index is 13.4. The number of likely N-dealkylation sites (N-methyl/N-ethyl adjacent to an activating group) is 1. The predicted octanol–water partition coefficient (Wildman–Crippen LogP) is 2.21. The fraction of sp³-hybridized carbons (Fsp3) is 0.222. The smallest absolute Gasteiger partial charge is 0.268 e. The Bertz CT molecular complexity index is 1120. The molecule has 0 radical (unpaired) electrons. The average molecular weight is 386 g/mol. The number of aromatic amines is 1. The van der Waals surface area contributed by atoms with Crippen LogP contribution in [-0.4, -0.2) is 33.7 Å². The molecule has 0 fully saturated rings. The molecule has 3 heterocycles. The maximum Gasteiger partial charge on any atom is 0.268 e. The first-order valence-corrected chi connectivity index (χ1v) is 9.11. The second kappa shape index (κ2) is 6.58. The summed E-state index contributed by atoms with van der Waals surface area (Å²) < 4.78 is 14.0. The number of nitrogens with one attached hydrogen (secondary N) is 2. The number of anilines is 1. The monoisotopic (exact) mass is 386 g/mol. The molecule has 2 aromatic heterocycles. The van der Waals surface area contributed by atoms with Crippen LogP contribution in [0.15, 0.2) is 34.4 Å². The van der Waals surface area contributed by atoms with Crippen LogP contribution in [0.5, 0.6) is 0 Å². The third-order valence-corrected chi connectivity index (χ3v) is 5.38.